The van der Waals surface area contributed by atoms with Gasteiger partial charge in [0.25, 0.3) is 0 Å². The molecule has 6 nitrogen and oxygen atoms in total. The van der Waals surface area contributed by atoms with Crippen molar-refractivity contribution in [3.8, 4) is 0 Å². The van der Waals surface area contributed by atoms with Crippen LogP contribution in [0.4, 0.5) is 0 Å². The summed E-state index contributed by atoms with van der Waals surface area (Å²) in [6.07, 6.45) is 0. The van der Waals surface area contributed by atoms with Crippen molar-refractivity contribution in [2.75, 3.05) is 26.3 Å². The Morgan fingerprint density at radius 3 is 1.57 bits per heavy atom. The van der Waals surface area contributed by atoms with E-state index in [0.29, 0.717) is 11.1 Å². The number of carbonyl (C=O) groups is 2. The second kappa shape index (κ2) is 12.2. The molecule has 1 N–H and O–H groups in total. The van der Waals surface area contributed by atoms with Crippen LogP contribution >= 0.6 is 90.4 Å². The lowest BCUT2D eigenvalue weighted by molar-refractivity contribution is -0.107. The lowest BCUT2D eigenvalue weighted by Crippen LogP contribution is -2.29. The maximum Gasteiger partial charge on any atom is 0.339 e. The molecule has 0 saturated carbocycles. The number of ether oxygens (including phenoxy) is 2. The molecule has 2 aromatic carbocycles. The summed E-state index contributed by atoms with van der Waals surface area (Å²) >= 11 is 8.42. The van der Waals surface area contributed by atoms with E-state index in [0.717, 1.165) is 19.3 Å². The Labute approximate surface area is 217 Å². The highest BCUT2D eigenvalue weighted by atomic mass is 127. The predicted octanol–water partition coefficient (Wildman–Crippen LogP) is 4.81. The minimum Gasteiger partial charge on any atom is -0.461 e. The fraction of sp³-hybridized carbons (Fsp3) is 0.222. The van der Waals surface area contributed by atoms with E-state index in [1.54, 1.807) is 12.1 Å². The van der Waals surface area contributed by atoms with Crippen molar-refractivity contribution in [1.29, 1.82) is 0 Å². The summed E-state index contributed by atoms with van der Waals surface area (Å²) in [4.78, 5) is 24.2. The molecule has 0 amide bonds. The largest absolute Gasteiger partial charge is 0.461 e. The van der Waals surface area contributed by atoms with Gasteiger partial charge in [0.15, 0.2) is 0 Å². The Kier molecular flexibility index (Phi) is 10.6. The van der Waals surface area contributed by atoms with Gasteiger partial charge in [-0.3, -0.25) is 0 Å². The van der Waals surface area contributed by atoms with E-state index in [2.05, 4.69) is 90.4 Å². The average molecular weight is 833 g/mol. The van der Waals surface area contributed by atoms with Gasteiger partial charge >= 0.3 is 11.9 Å². The van der Waals surface area contributed by atoms with Crippen molar-refractivity contribution in [2.45, 2.75) is 0 Å². The van der Waals surface area contributed by atoms with Crippen LogP contribution in [0.3, 0.4) is 0 Å². The molecular weight excluding hydrogens is 818 g/mol. The number of esters is 2. The van der Waals surface area contributed by atoms with Crippen molar-refractivity contribution in [3.63, 3.8) is 0 Å². The molecule has 10 heteroatoms. The fourth-order valence-electron chi connectivity index (χ4n) is 2.06. The van der Waals surface area contributed by atoms with Gasteiger partial charge in [-0.15, -0.1) is 0 Å². The molecular formula is C18H15I4NO5. The number of hydroxylamine groups is 2. The Morgan fingerprint density at radius 2 is 1.18 bits per heavy atom. The molecule has 0 aromatic heterocycles. The predicted molar refractivity (Wildman–Crippen MR) is 138 cm³/mol. The van der Waals surface area contributed by atoms with E-state index in [1.807, 2.05) is 24.3 Å². The van der Waals surface area contributed by atoms with Crippen LogP contribution in [0.2, 0.25) is 0 Å². The summed E-state index contributed by atoms with van der Waals surface area (Å²) in [6, 6.07) is 11.0. The highest BCUT2D eigenvalue weighted by Gasteiger charge is 2.14. The van der Waals surface area contributed by atoms with Crippen molar-refractivity contribution < 1.29 is 24.3 Å². The zero-order chi connectivity index (χ0) is 20.7. The molecule has 2 aromatic rings. The molecule has 0 fully saturated rings. The first kappa shape index (κ1) is 24.5. The van der Waals surface area contributed by atoms with Gasteiger partial charge in [0, 0.05) is 14.3 Å². The second-order valence-electron chi connectivity index (χ2n) is 5.47. The van der Waals surface area contributed by atoms with Crippen molar-refractivity contribution in [2.24, 2.45) is 0 Å². The molecule has 0 saturated heterocycles. The van der Waals surface area contributed by atoms with Crippen molar-refractivity contribution in [1.82, 2.24) is 5.06 Å². The van der Waals surface area contributed by atoms with Crippen LogP contribution in [0.15, 0.2) is 36.4 Å². The summed E-state index contributed by atoms with van der Waals surface area (Å²) < 4.78 is 13.9. The summed E-state index contributed by atoms with van der Waals surface area (Å²) in [7, 11) is 0. The number of hydrogen-bond acceptors (Lipinski definition) is 6. The van der Waals surface area contributed by atoms with E-state index < -0.39 is 11.9 Å². The van der Waals surface area contributed by atoms with Crippen molar-refractivity contribution in [3.05, 3.63) is 61.8 Å². The molecule has 0 radical (unpaired) electrons. The number of carbonyl (C=O) groups excluding carboxylic acids is 2. The third-order valence-corrected chi connectivity index (χ3v) is 6.69. The zero-order valence-electron chi connectivity index (χ0n) is 14.3. The van der Waals surface area contributed by atoms with E-state index in [-0.39, 0.29) is 26.3 Å². The fourth-order valence-corrected chi connectivity index (χ4v) is 4.16. The monoisotopic (exact) mass is 833 g/mol. The molecule has 0 atom stereocenters. The highest BCUT2D eigenvalue weighted by Crippen LogP contribution is 2.18. The first-order valence-corrected chi connectivity index (χ1v) is 12.3. The maximum atomic E-state index is 12.1. The molecule has 28 heavy (non-hydrogen) atoms. The van der Waals surface area contributed by atoms with E-state index in [9.17, 15) is 14.8 Å². The van der Waals surface area contributed by atoms with Crippen LogP contribution in [0.5, 0.6) is 0 Å². The van der Waals surface area contributed by atoms with Gasteiger partial charge in [-0.2, -0.15) is 5.06 Å². The number of benzene rings is 2. The molecule has 0 spiro atoms. The third-order valence-electron chi connectivity index (χ3n) is 3.46. The molecule has 0 heterocycles. The summed E-state index contributed by atoms with van der Waals surface area (Å²) in [5, 5.41) is 10.8. The third kappa shape index (κ3) is 7.81. The van der Waals surface area contributed by atoms with Crippen LogP contribution in [0.1, 0.15) is 20.7 Å². The van der Waals surface area contributed by atoms with E-state index >= 15 is 0 Å². The first-order chi connectivity index (χ1) is 13.3. The zero-order valence-corrected chi connectivity index (χ0v) is 23.0. The lowest BCUT2D eigenvalue weighted by Gasteiger charge is -2.15. The van der Waals surface area contributed by atoms with Gasteiger partial charge in [0.05, 0.1) is 24.2 Å². The molecule has 0 unspecified atom stereocenters. The van der Waals surface area contributed by atoms with Gasteiger partial charge < -0.3 is 14.7 Å². The normalized spacial score (nSPS) is 10.8. The van der Waals surface area contributed by atoms with Crippen LogP contribution in [-0.4, -0.2) is 48.5 Å². The van der Waals surface area contributed by atoms with Gasteiger partial charge in [-0.25, -0.2) is 9.59 Å². The lowest BCUT2D eigenvalue weighted by atomic mass is 10.2. The smallest absolute Gasteiger partial charge is 0.339 e. The molecule has 150 valence electrons. The minimum atomic E-state index is -0.434. The topological polar surface area (TPSA) is 76.1 Å². The molecule has 0 bridgehead atoms. The van der Waals surface area contributed by atoms with Crippen LogP contribution in [0.25, 0.3) is 0 Å². The molecule has 0 aliphatic heterocycles. The minimum absolute atomic E-state index is 0.0274. The summed E-state index contributed by atoms with van der Waals surface area (Å²) in [5.41, 5.74) is 0.996. The average Bonchev–Trinajstić information content (AvgIpc) is 2.65. The number of halogens is 4. The number of nitrogens with zero attached hydrogens (tertiary/aromatic N) is 1. The van der Waals surface area contributed by atoms with Gasteiger partial charge in [-0.1, -0.05) is 0 Å². The molecule has 0 aliphatic rings. The Hall–Kier alpha value is 0.220. The highest BCUT2D eigenvalue weighted by molar-refractivity contribution is 14.1. The number of hydrogen-bond donors (Lipinski definition) is 1. The quantitative estimate of drug-likeness (QED) is 0.234. The van der Waals surface area contributed by atoms with Crippen LogP contribution < -0.4 is 0 Å². The van der Waals surface area contributed by atoms with Gasteiger partial charge in [-0.05, 0) is 127 Å². The van der Waals surface area contributed by atoms with Gasteiger partial charge in [0.2, 0.25) is 0 Å². The Morgan fingerprint density at radius 1 is 0.786 bits per heavy atom. The summed E-state index contributed by atoms with van der Waals surface area (Å²) in [5.74, 6) is -0.869. The van der Waals surface area contributed by atoms with Crippen LogP contribution in [-0.2, 0) is 9.47 Å². The van der Waals surface area contributed by atoms with E-state index in [4.69, 9.17) is 9.47 Å². The number of rotatable bonds is 8. The molecule has 0 aliphatic carbocycles. The Balaban J connectivity index is 1.72. The van der Waals surface area contributed by atoms with Crippen molar-refractivity contribution >= 4 is 102 Å². The SMILES string of the molecule is O=C(OCCN(O)CCOC(=O)c1cc(I)ccc1I)c1cc(I)ccc1I. The first-order valence-electron chi connectivity index (χ1n) is 7.96. The van der Waals surface area contributed by atoms with Gasteiger partial charge in [0.1, 0.15) is 13.2 Å². The Bertz CT molecular complexity index is 792. The van der Waals surface area contributed by atoms with E-state index in [1.165, 1.54) is 0 Å². The molecule has 2 rings (SSSR count). The summed E-state index contributed by atoms with van der Waals surface area (Å²) in [6.45, 7) is 0.286. The standard InChI is InChI=1S/C18H15I4NO5/c19-11-1-3-15(21)13(9-11)17(24)27-7-5-23(26)6-8-28-18(25)14-10-12(20)2-4-16(14)22/h1-4,9-10,26H,5-8H2. The second-order valence-corrected chi connectivity index (χ2v) is 10.3. The maximum absolute atomic E-state index is 12.1. The van der Waals surface area contributed by atoms with Crippen LogP contribution in [0, 0.1) is 14.3 Å².